The molecule has 1 aromatic carbocycles. The highest BCUT2D eigenvalue weighted by atomic mass is 32.1. The maximum absolute atomic E-state index is 5.40. The molecular formula is C12H15N3O2S. The average Bonchev–Trinajstić information content (AvgIpc) is 2.78. The zero-order valence-electron chi connectivity index (χ0n) is 10.3. The molecule has 0 saturated heterocycles. The van der Waals surface area contributed by atoms with Gasteiger partial charge in [-0.3, -0.25) is 5.43 Å². The SMILES string of the molecule is COc1ccc2c(c1OC)CC/C2=N\NC(N)=S. The van der Waals surface area contributed by atoms with Crippen LogP contribution in [0.3, 0.4) is 0 Å². The normalized spacial score (nSPS) is 15.3. The summed E-state index contributed by atoms with van der Waals surface area (Å²) in [7, 11) is 3.27. The van der Waals surface area contributed by atoms with Gasteiger partial charge >= 0.3 is 0 Å². The molecule has 0 saturated carbocycles. The van der Waals surface area contributed by atoms with Gasteiger partial charge in [0.25, 0.3) is 0 Å². The summed E-state index contributed by atoms with van der Waals surface area (Å²) in [5, 5.41) is 4.36. The summed E-state index contributed by atoms with van der Waals surface area (Å²) in [5.41, 5.74) is 11.1. The van der Waals surface area contributed by atoms with Crippen molar-refractivity contribution in [3.63, 3.8) is 0 Å². The predicted molar refractivity (Wildman–Crippen MR) is 74.3 cm³/mol. The van der Waals surface area contributed by atoms with E-state index in [0.29, 0.717) is 0 Å². The van der Waals surface area contributed by atoms with E-state index >= 15 is 0 Å². The van der Waals surface area contributed by atoms with Crippen LogP contribution in [0.15, 0.2) is 17.2 Å². The van der Waals surface area contributed by atoms with E-state index in [1.807, 2.05) is 12.1 Å². The maximum Gasteiger partial charge on any atom is 0.184 e. The van der Waals surface area contributed by atoms with Gasteiger partial charge in [0, 0.05) is 11.1 Å². The molecule has 0 aromatic heterocycles. The quantitative estimate of drug-likeness (QED) is 0.634. The van der Waals surface area contributed by atoms with E-state index in [-0.39, 0.29) is 5.11 Å². The average molecular weight is 265 g/mol. The molecule has 18 heavy (non-hydrogen) atoms. The first-order chi connectivity index (χ1) is 8.67. The first kappa shape index (κ1) is 12.6. The van der Waals surface area contributed by atoms with Crippen molar-refractivity contribution in [2.45, 2.75) is 12.8 Å². The van der Waals surface area contributed by atoms with Crippen molar-refractivity contribution in [1.82, 2.24) is 5.43 Å². The standard InChI is InChI=1S/C12H15N3O2S/c1-16-10-6-4-7-8(11(10)17-2)3-5-9(7)14-15-12(13)18/h4,6H,3,5H2,1-2H3,(H3,13,15,18)/b14-9+. The van der Waals surface area contributed by atoms with Crippen LogP contribution in [0.5, 0.6) is 11.5 Å². The second kappa shape index (κ2) is 5.22. The minimum atomic E-state index is 0.163. The monoisotopic (exact) mass is 265 g/mol. The van der Waals surface area contributed by atoms with Gasteiger partial charge < -0.3 is 15.2 Å². The lowest BCUT2D eigenvalue weighted by Gasteiger charge is -2.11. The molecule has 0 atom stereocenters. The fourth-order valence-electron chi connectivity index (χ4n) is 2.13. The van der Waals surface area contributed by atoms with Crippen LogP contribution in [-0.4, -0.2) is 25.0 Å². The molecule has 3 N–H and O–H groups in total. The van der Waals surface area contributed by atoms with Gasteiger partial charge in [0.1, 0.15) is 0 Å². The number of nitrogens with two attached hydrogens (primary N) is 1. The Bertz CT molecular complexity index is 514. The smallest absolute Gasteiger partial charge is 0.184 e. The number of hydrogen-bond acceptors (Lipinski definition) is 4. The Kier molecular flexibility index (Phi) is 3.66. The fourth-order valence-corrected chi connectivity index (χ4v) is 2.17. The largest absolute Gasteiger partial charge is 0.493 e. The van der Waals surface area contributed by atoms with E-state index < -0.39 is 0 Å². The molecule has 96 valence electrons. The molecular weight excluding hydrogens is 250 g/mol. The van der Waals surface area contributed by atoms with Gasteiger partial charge in [-0.25, -0.2) is 0 Å². The Hall–Kier alpha value is -1.82. The van der Waals surface area contributed by atoms with Crippen molar-refractivity contribution in [2.75, 3.05) is 14.2 Å². The number of thiocarbonyl (C=S) groups is 1. The van der Waals surface area contributed by atoms with Gasteiger partial charge in [0.05, 0.1) is 19.9 Å². The summed E-state index contributed by atoms with van der Waals surface area (Å²) < 4.78 is 10.7. The Labute approximate surface area is 111 Å². The number of ether oxygens (including phenoxy) is 2. The number of fused-ring (bicyclic) bond motifs is 1. The molecule has 1 aliphatic carbocycles. The summed E-state index contributed by atoms with van der Waals surface area (Å²) >= 11 is 4.73. The van der Waals surface area contributed by atoms with E-state index in [2.05, 4.69) is 10.5 Å². The Morgan fingerprint density at radius 1 is 1.33 bits per heavy atom. The van der Waals surface area contributed by atoms with E-state index in [0.717, 1.165) is 41.2 Å². The maximum atomic E-state index is 5.40. The number of nitrogens with zero attached hydrogens (tertiary/aromatic N) is 1. The minimum Gasteiger partial charge on any atom is -0.493 e. The van der Waals surface area contributed by atoms with Gasteiger partial charge in [-0.1, -0.05) is 0 Å². The number of benzene rings is 1. The Balaban J connectivity index is 2.40. The lowest BCUT2D eigenvalue weighted by Crippen LogP contribution is -2.25. The lowest BCUT2D eigenvalue weighted by atomic mass is 10.1. The van der Waals surface area contributed by atoms with Gasteiger partial charge in [-0.05, 0) is 37.2 Å². The van der Waals surface area contributed by atoms with Crippen LogP contribution in [0.2, 0.25) is 0 Å². The molecule has 2 rings (SSSR count). The van der Waals surface area contributed by atoms with Crippen molar-refractivity contribution in [3.05, 3.63) is 23.3 Å². The van der Waals surface area contributed by atoms with E-state index in [4.69, 9.17) is 27.4 Å². The number of hydrazone groups is 1. The summed E-state index contributed by atoms with van der Waals surface area (Å²) in [6, 6.07) is 3.85. The molecule has 0 amide bonds. The van der Waals surface area contributed by atoms with E-state index in [9.17, 15) is 0 Å². The summed E-state index contributed by atoms with van der Waals surface area (Å²) in [4.78, 5) is 0. The molecule has 0 fully saturated rings. The first-order valence-corrected chi connectivity index (χ1v) is 5.94. The second-order valence-electron chi connectivity index (χ2n) is 3.86. The molecule has 6 heteroatoms. The van der Waals surface area contributed by atoms with E-state index in [1.54, 1.807) is 14.2 Å². The molecule has 0 spiro atoms. The van der Waals surface area contributed by atoms with Crippen molar-refractivity contribution in [2.24, 2.45) is 10.8 Å². The van der Waals surface area contributed by atoms with Gasteiger partial charge in [-0.2, -0.15) is 5.10 Å². The van der Waals surface area contributed by atoms with Crippen molar-refractivity contribution >= 4 is 23.0 Å². The minimum absolute atomic E-state index is 0.163. The highest BCUT2D eigenvalue weighted by Gasteiger charge is 2.24. The van der Waals surface area contributed by atoms with Crippen LogP contribution >= 0.6 is 12.2 Å². The highest BCUT2D eigenvalue weighted by Crippen LogP contribution is 2.38. The van der Waals surface area contributed by atoms with Gasteiger partial charge in [0.15, 0.2) is 16.6 Å². The fraction of sp³-hybridized carbons (Fsp3) is 0.333. The molecule has 0 bridgehead atoms. The summed E-state index contributed by atoms with van der Waals surface area (Å²) in [5.74, 6) is 1.51. The van der Waals surface area contributed by atoms with Crippen molar-refractivity contribution in [3.8, 4) is 11.5 Å². The Morgan fingerprint density at radius 2 is 2.11 bits per heavy atom. The second-order valence-corrected chi connectivity index (χ2v) is 4.30. The van der Waals surface area contributed by atoms with Crippen molar-refractivity contribution in [1.29, 1.82) is 0 Å². The molecule has 5 nitrogen and oxygen atoms in total. The zero-order valence-corrected chi connectivity index (χ0v) is 11.1. The first-order valence-electron chi connectivity index (χ1n) is 5.53. The van der Waals surface area contributed by atoms with Crippen LogP contribution in [0.25, 0.3) is 0 Å². The number of methoxy groups -OCH3 is 2. The number of rotatable bonds is 3. The molecule has 0 aliphatic heterocycles. The molecule has 1 aliphatic rings. The molecule has 0 radical (unpaired) electrons. The third-order valence-corrected chi connectivity index (χ3v) is 2.96. The molecule has 0 unspecified atom stereocenters. The van der Waals surface area contributed by atoms with E-state index in [1.165, 1.54) is 0 Å². The molecule has 1 aromatic rings. The van der Waals surface area contributed by atoms with Gasteiger partial charge in [-0.15, -0.1) is 0 Å². The molecule has 0 heterocycles. The predicted octanol–water partition coefficient (Wildman–Crippen LogP) is 1.19. The third kappa shape index (κ3) is 2.24. The third-order valence-electron chi connectivity index (χ3n) is 2.87. The number of nitrogens with one attached hydrogen (secondary N) is 1. The van der Waals surface area contributed by atoms with Gasteiger partial charge in [0.2, 0.25) is 0 Å². The topological polar surface area (TPSA) is 68.9 Å². The number of hydrogen-bond donors (Lipinski definition) is 2. The van der Waals surface area contributed by atoms with Crippen LogP contribution in [0.1, 0.15) is 17.5 Å². The van der Waals surface area contributed by atoms with Crippen LogP contribution in [-0.2, 0) is 6.42 Å². The Morgan fingerprint density at radius 3 is 2.72 bits per heavy atom. The van der Waals surface area contributed by atoms with Crippen LogP contribution in [0, 0.1) is 0 Å². The van der Waals surface area contributed by atoms with Crippen LogP contribution in [0.4, 0.5) is 0 Å². The van der Waals surface area contributed by atoms with Crippen LogP contribution < -0.4 is 20.6 Å². The summed E-state index contributed by atoms with van der Waals surface area (Å²) in [6.45, 7) is 0. The highest BCUT2D eigenvalue weighted by molar-refractivity contribution is 7.80. The van der Waals surface area contributed by atoms with Crippen molar-refractivity contribution < 1.29 is 9.47 Å². The zero-order chi connectivity index (χ0) is 13.1. The lowest BCUT2D eigenvalue weighted by molar-refractivity contribution is 0.352. The summed E-state index contributed by atoms with van der Waals surface area (Å²) in [6.07, 6.45) is 1.70.